The number of anilines is 2. The summed E-state index contributed by atoms with van der Waals surface area (Å²) in [6, 6.07) is 9.48. The molecule has 1 aromatic carbocycles. The van der Waals surface area contributed by atoms with Crippen LogP contribution in [-0.4, -0.2) is 46.3 Å². The van der Waals surface area contributed by atoms with Gasteiger partial charge in [-0.2, -0.15) is 0 Å². The lowest BCUT2D eigenvalue weighted by Gasteiger charge is -2.29. The first-order chi connectivity index (χ1) is 13.9. The van der Waals surface area contributed by atoms with E-state index in [1.807, 2.05) is 60.7 Å². The number of amides is 1. The summed E-state index contributed by atoms with van der Waals surface area (Å²) in [4.78, 5) is 32.8. The topological polar surface area (TPSA) is 81.4 Å². The molecule has 3 heterocycles. The Morgan fingerprint density at radius 3 is 2.69 bits per heavy atom. The molecule has 0 bridgehead atoms. The molecule has 1 amide bonds. The van der Waals surface area contributed by atoms with E-state index in [9.17, 15) is 9.59 Å². The van der Waals surface area contributed by atoms with Crippen LogP contribution < -0.4 is 15.8 Å². The summed E-state index contributed by atoms with van der Waals surface area (Å²) < 4.78 is 8.73. The summed E-state index contributed by atoms with van der Waals surface area (Å²) in [7, 11) is 1.84. The Balaban J connectivity index is 1.74. The SMILES string of the molecule is Cc1cccc(NC(=O)Cn2c(N3CCOCC3)nc3cc(C)n(C)c3c2=O)c1. The molecule has 1 saturated heterocycles. The molecule has 8 heteroatoms. The number of benzene rings is 1. The number of ether oxygens (including phenoxy) is 1. The fourth-order valence-corrected chi connectivity index (χ4v) is 3.65. The molecule has 2 aromatic heterocycles. The highest BCUT2D eigenvalue weighted by molar-refractivity contribution is 5.91. The predicted octanol–water partition coefficient (Wildman–Crippen LogP) is 1.83. The second kappa shape index (κ2) is 7.71. The van der Waals surface area contributed by atoms with Crippen molar-refractivity contribution in [1.82, 2.24) is 14.1 Å². The Bertz CT molecular complexity index is 1130. The number of hydrogen-bond acceptors (Lipinski definition) is 5. The van der Waals surface area contributed by atoms with Gasteiger partial charge in [0.2, 0.25) is 11.9 Å². The maximum atomic E-state index is 13.3. The Morgan fingerprint density at radius 1 is 1.21 bits per heavy atom. The van der Waals surface area contributed by atoms with Gasteiger partial charge in [0.1, 0.15) is 12.1 Å². The molecule has 0 aliphatic carbocycles. The molecule has 0 saturated carbocycles. The fraction of sp³-hybridized carbons (Fsp3) is 0.381. The van der Waals surface area contributed by atoms with Crippen LogP contribution in [0.25, 0.3) is 11.0 Å². The molecular formula is C21H25N5O3. The van der Waals surface area contributed by atoms with Crippen LogP contribution in [-0.2, 0) is 23.1 Å². The van der Waals surface area contributed by atoms with Gasteiger partial charge in [0.15, 0.2) is 0 Å². The zero-order valence-electron chi connectivity index (χ0n) is 16.9. The monoisotopic (exact) mass is 395 g/mol. The zero-order chi connectivity index (χ0) is 20.5. The second-order valence-electron chi connectivity index (χ2n) is 7.40. The van der Waals surface area contributed by atoms with Crippen molar-refractivity contribution in [3.63, 3.8) is 0 Å². The van der Waals surface area contributed by atoms with E-state index < -0.39 is 0 Å². The van der Waals surface area contributed by atoms with Crippen molar-refractivity contribution in [3.05, 3.63) is 51.9 Å². The summed E-state index contributed by atoms with van der Waals surface area (Å²) in [6.07, 6.45) is 0. The van der Waals surface area contributed by atoms with Gasteiger partial charge in [-0.3, -0.25) is 14.2 Å². The van der Waals surface area contributed by atoms with Gasteiger partial charge < -0.3 is 19.5 Å². The Kier molecular flexibility index (Phi) is 5.10. The minimum atomic E-state index is -0.265. The van der Waals surface area contributed by atoms with Crippen molar-refractivity contribution >= 4 is 28.6 Å². The molecule has 0 atom stereocenters. The Morgan fingerprint density at radius 2 is 1.97 bits per heavy atom. The Labute approximate surface area is 168 Å². The van der Waals surface area contributed by atoms with Gasteiger partial charge in [0.25, 0.3) is 5.56 Å². The van der Waals surface area contributed by atoms with Crippen molar-refractivity contribution in [2.45, 2.75) is 20.4 Å². The molecule has 3 aromatic rings. The first kappa shape index (κ1) is 19.2. The van der Waals surface area contributed by atoms with Gasteiger partial charge >= 0.3 is 0 Å². The third-order valence-electron chi connectivity index (χ3n) is 5.26. The number of nitrogens with zero attached hydrogens (tertiary/aromatic N) is 4. The van der Waals surface area contributed by atoms with E-state index in [1.165, 1.54) is 4.57 Å². The molecule has 8 nitrogen and oxygen atoms in total. The maximum absolute atomic E-state index is 13.3. The van der Waals surface area contributed by atoms with Crippen LogP contribution in [0.2, 0.25) is 0 Å². The highest BCUT2D eigenvalue weighted by Crippen LogP contribution is 2.19. The van der Waals surface area contributed by atoms with E-state index in [2.05, 4.69) is 5.32 Å². The standard InChI is InChI=1S/C21H25N5O3/c1-14-5-4-6-16(11-14)22-18(27)13-26-20(28)19-17(12-15(2)24(19)3)23-21(26)25-7-9-29-10-8-25/h4-6,11-12H,7-10,13H2,1-3H3,(H,22,27). The molecule has 4 rings (SSSR count). The highest BCUT2D eigenvalue weighted by atomic mass is 16.5. The number of rotatable bonds is 4. The van der Waals surface area contributed by atoms with E-state index in [1.54, 1.807) is 0 Å². The van der Waals surface area contributed by atoms with Crippen LogP contribution in [0.15, 0.2) is 35.1 Å². The smallest absolute Gasteiger partial charge is 0.279 e. The number of aryl methyl sites for hydroxylation is 3. The average Bonchev–Trinajstić information content (AvgIpc) is 2.98. The molecule has 1 N–H and O–H groups in total. The van der Waals surface area contributed by atoms with Crippen LogP contribution >= 0.6 is 0 Å². The van der Waals surface area contributed by atoms with Gasteiger partial charge in [0, 0.05) is 31.5 Å². The fourth-order valence-electron chi connectivity index (χ4n) is 3.65. The molecule has 1 fully saturated rings. The lowest BCUT2D eigenvalue weighted by atomic mass is 10.2. The normalized spacial score (nSPS) is 14.4. The summed E-state index contributed by atoms with van der Waals surface area (Å²) in [6.45, 7) is 6.18. The van der Waals surface area contributed by atoms with Crippen LogP contribution in [0.1, 0.15) is 11.3 Å². The summed E-state index contributed by atoms with van der Waals surface area (Å²) in [5, 5.41) is 2.88. The average molecular weight is 395 g/mol. The lowest BCUT2D eigenvalue weighted by Crippen LogP contribution is -2.42. The van der Waals surface area contributed by atoms with E-state index in [0.717, 1.165) is 11.3 Å². The number of carbonyl (C=O) groups is 1. The third kappa shape index (κ3) is 3.75. The van der Waals surface area contributed by atoms with Gasteiger partial charge in [-0.1, -0.05) is 12.1 Å². The largest absolute Gasteiger partial charge is 0.378 e. The number of fused-ring (bicyclic) bond motifs is 1. The van der Waals surface area contributed by atoms with E-state index in [-0.39, 0.29) is 18.0 Å². The minimum Gasteiger partial charge on any atom is -0.378 e. The second-order valence-corrected chi connectivity index (χ2v) is 7.40. The number of morpholine rings is 1. The number of hydrogen-bond donors (Lipinski definition) is 1. The van der Waals surface area contributed by atoms with Gasteiger partial charge in [0.05, 0.1) is 18.7 Å². The number of carbonyl (C=O) groups excluding carboxylic acids is 1. The first-order valence-corrected chi connectivity index (χ1v) is 9.70. The summed E-state index contributed by atoms with van der Waals surface area (Å²) in [5.74, 6) is 0.245. The molecule has 1 aliphatic heterocycles. The van der Waals surface area contributed by atoms with Gasteiger partial charge in [-0.25, -0.2) is 4.98 Å². The van der Waals surface area contributed by atoms with Crippen LogP contribution in [0.3, 0.4) is 0 Å². The quantitative estimate of drug-likeness (QED) is 0.729. The van der Waals surface area contributed by atoms with E-state index >= 15 is 0 Å². The van der Waals surface area contributed by atoms with Crippen LogP contribution in [0.5, 0.6) is 0 Å². The predicted molar refractivity (Wildman–Crippen MR) is 113 cm³/mol. The van der Waals surface area contributed by atoms with E-state index in [4.69, 9.17) is 9.72 Å². The number of aromatic nitrogens is 3. The van der Waals surface area contributed by atoms with Crippen LogP contribution in [0.4, 0.5) is 11.6 Å². The Hall–Kier alpha value is -3.13. The minimum absolute atomic E-state index is 0.105. The van der Waals surface area contributed by atoms with Crippen molar-refractivity contribution in [1.29, 1.82) is 0 Å². The molecule has 29 heavy (non-hydrogen) atoms. The van der Waals surface area contributed by atoms with Crippen LogP contribution in [0, 0.1) is 13.8 Å². The van der Waals surface area contributed by atoms with E-state index in [0.29, 0.717) is 49.0 Å². The molecule has 152 valence electrons. The van der Waals surface area contributed by atoms with Crippen molar-refractivity contribution in [2.24, 2.45) is 7.05 Å². The molecule has 1 aliphatic rings. The summed E-state index contributed by atoms with van der Waals surface area (Å²) in [5.41, 5.74) is 3.64. The van der Waals surface area contributed by atoms with Gasteiger partial charge in [-0.15, -0.1) is 0 Å². The summed E-state index contributed by atoms with van der Waals surface area (Å²) >= 11 is 0. The molecule has 0 radical (unpaired) electrons. The highest BCUT2D eigenvalue weighted by Gasteiger charge is 2.22. The molecule has 0 spiro atoms. The molecular weight excluding hydrogens is 370 g/mol. The number of nitrogens with one attached hydrogen (secondary N) is 1. The zero-order valence-corrected chi connectivity index (χ0v) is 16.9. The van der Waals surface area contributed by atoms with Gasteiger partial charge in [-0.05, 0) is 37.6 Å². The third-order valence-corrected chi connectivity index (χ3v) is 5.26. The van der Waals surface area contributed by atoms with Crippen molar-refractivity contribution in [2.75, 3.05) is 36.5 Å². The maximum Gasteiger partial charge on any atom is 0.279 e. The van der Waals surface area contributed by atoms with Crippen molar-refractivity contribution < 1.29 is 9.53 Å². The molecule has 0 unspecified atom stereocenters. The van der Waals surface area contributed by atoms with Crippen molar-refractivity contribution in [3.8, 4) is 0 Å². The first-order valence-electron chi connectivity index (χ1n) is 9.70. The lowest BCUT2D eigenvalue weighted by molar-refractivity contribution is -0.116.